The van der Waals surface area contributed by atoms with Crippen LogP contribution in [0.2, 0.25) is 0 Å². The summed E-state index contributed by atoms with van der Waals surface area (Å²) in [6.07, 6.45) is 1.21. The van der Waals surface area contributed by atoms with Crippen LogP contribution < -0.4 is 11.2 Å². The molecule has 0 aliphatic carbocycles. The van der Waals surface area contributed by atoms with Gasteiger partial charge in [0, 0.05) is 29.6 Å². The van der Waals surface area contributed by atoms with Gasteiger partial charge >= 0.3 is 11.9 Å². The van der Waals surface area contributed by atoms with Crippen molar-refractivity contribution in [2.24, 2.45) is 0 Å². The molecule has 0 bridgehead atoms. The van der Waals surface area contributed by atoms with Crippen molar-refractivity contribution in [1.29, 1.82) is 0 Å². The number of nitrogens with one attached hydrogen (secondary N) is 1. The van der Waals surface area contributed by atoms with Gasteiger partial charge in [0.15, 0.2) is 5.16 Å². The maximum absolute atomic E-state index is 13.6. The number of carboxylic acid groups (broad SMARTS) is 1. The van der Waals surface area contributed by atoms with Crippen molar-refractivity contribution in [1.82, 2.24) is 14.6 Å². The number of carboxylic acids is 1. The van der Waals surface area contributed by atoms with Gasteiger partial charge < -0.3 is 21.0 Å². The first-order valence-corrected chi connectivity index (χ1v) is 12.8. The molecule has 2 aromatic heterocycles. The number of anilines is 1. The maximum atomic E-state index is 13.6. The molecular weight excluding hydrogens is 509 g/mol. The van der Waals surface area contributed by atoms with Crippen LogP contribution in [0.3, 0.4) is 0 Å². The molecule has 2 heterocycles. The van der Waals surface area contributed by atoms with Gasteiger partial charge in [-0.25, -0.2) is 19.0 Å². The third-order valence-electron chi connectivity index (χ3n) is 5.47. The Morgan fingerprint density at radius 1 is 1.05 bits per heavy atom. The molecule has 0 saturated heterocycles. The fraction of sp³-hybridized carbons (Fsp3) is 0.185. The number of imidazole rings is 1. The number of thioether (sulfide) groups is 1. The van der Waals surface area contributed by atoms with Crippen LogP contribution in [-0.2, 0) is 20.9 Å². The Morgan fingerprint density at radius 3 is 2.55 bits per heavy atom. The minimum absolute atomic E-state index is 0.0694. The highest BCUT2D eigenvalue weighted by molar-refractivity contribution is 7.99. The standard InChI is InChI=1S/C27H26FN5O4S/c28-21-8-6-19(7-9-21)26-25(20-12-13-30-22(16-20)31-17-18-4-2-1-3-5-18)32-27(33(26)29)38-15-14-37-24(36)11-10-23(34)35/h1-9,12-13,16H,10-11,14-15,17,29H2,(H,30,31)(H,34,35). The van der Waals surface area contributed by atoms with Gasteiger partial charge in [-0.15, -0.1) is 0 Å². The van der Waals surface area contributed by atoms with Gasteiger partial charge in [-0.2, -0.15) is 0 Å². The highest BCUT2D eigenvalue weighted by Crippen LogP contribution is 2.35. The summed E-state index contributed by atoms with van der Waals surface area (Å²) in [5.41, 5.74) is 3.73. The van der Waals surface area contributed by atoms with Gasteiger partial charge in [0.2, 0.25) is 0 Å². The van der Waals surface area contributed by atoms with Gasteiger partial charge in [0.1, 0.15) is 18.2 Å². The van der Waals surface area contributed by atoms with Gasteiger partial charge in [0.05, 0.1) is 24.2 Å². The van der Waals surface area contributed by atoms with Crippen molar-refractivity contribution < 1.29 is 23.8 Å². The molecule has 4 aromatic rings. The predicted molar refractivity (Wildman–Crippen MR) is 143 cm³/mol. The minimum Gasteiger partial charge on any atom is -0.481 e. The number of pyridine rings is 1. The van der Waals surface area contributed by atoms with Gasteiger partial charge in [-0.05, 0) is 42.0 Å². The molecule has 0 amide bonds. The number of carbonyl (C=O) groups is 2. The summed E-state index contributed by atoms with van der Waals surface area (Å²) >= 11 is 1.28. The number of ether oxygens (including phenoxy) is 1. The number of nitrogens with zero attached hydrogens (tertiary/aromatic N) is 3. The molecule has 11 heteroatoms. The molecule has 0 atom stereocenters. The van der Waals surface area contributed by atoms with Gasteiger partial charge in [-0.1, -0.05) is 42.1 Å². The molecule has 196 valence electrons. The Kier molecular flexibility index (Phi) is 8.94. The number of halogens is 1. The number of aliphatic carboxylic acids is 1. The summed E-state index contributed by atoms with van der Waals surface area (Å²) in [4.78, 5) is 31.4. The van der Waals surface area contributed by atoms with E-state index in [1.807, 2.05) is 42.5 Å². The van der Waals surface area contributed by atoms with E-state index in [1.54, 1.807) is 18.3 Å². The number of esters is 1. The van der Waals surface area contributed by atoms with E-state index >= 15 is 0 Å². The largest absolute Gasteiger partial charge is 0.481 e. The fourth-order valence-corrected chi connectivity index (χ4v) is 4.37. The number of hydrogen-bond acceptors (Lipinski definition) is 8. The summed E-state index contributed by atoms with van der Waals surface area (Å²) in [5.74, 6) is 5.45. The van der Waals surface area contributed by atoms with Gasteiger partial charge in [0.25, 0.3) is 0 Å². The summed E-state index contributed by atoms with van der Waals surface area (Å²) in [6.45, 7) is 0.666. The quantitative estimate of drug-likeness (QED) is 0.103. The van der Waals surface area contributed by atoms with E-state index in [2.05, 4.69) is 10.3 Å². The summed E-state index contributed by atoms with van der Waals surface area (Å²) in [6, 6.07) is 19.6. The molecular formula is C27H26FN5O4S. The highest BCUT2D eigenvalue weighted by Gasteiger charge is 2.20. The molecule has 0 saturated carbocycles. The second-order valence-electron chi connectivity index (χ2n) is 8.20. The van der Waals surface area contributed by atoms with E-state index in [0.29, 0.717) is 40.2 Å². The van der Waals surface area contributed by atoms with Crippen molar-refractivity contribution in [2.75, 3.05) is 23.5 Å². The van der Waals surface area contributed by atoms with Crippen LogP contribution in [0.25, 0.3) is 22.5 Å². The number of nitrogens with two attached hydrogens (primary N) is 1. The first kappa shape index (κ1) is 26.7. The first-order chi connectivity index (χ1) is 18.4. The first-order valence-electron chi connectivity index (χ1n) is 11.8. The van der Waals surface area contributed by atoms with Gasteiger partial charge in [-0.3, -0.25) is 9.59 Å². The Morgan fingerprint density at radius 2 is 1.82 bits per heavy atom. The molecule has 4 N–H and O–H groups in total. The zero-order valence-electron chi connectivity index (χ0n) is 20.3. The zero-order chi connectivity index (χ0) is 26.9. The van der Waals surface area contributed by atoms with Crippen LogP contribution in [0.1, 0.15) is 18.4 Å². The Bertz CT molecular complexity index is 1400. The number of carbonyl (C=O) groups excluding carboxylic acids is 1. The number of nitrogen functional groups attached to an aromatic ring is 1. The van der Waals surface area contributed by atoms with E-state index in [9.17, 15) is 14.0 Å². The van der Waals surface area contributed by atoms with Crippen LogP contribution in [0, 0.1) is 5.82 Å². The second kappa shape index (κ2) is 12.7. The third-order valence-corrected chi connectivity index (χ3v) is 6.38. The Hall–Kier alpha value is -4.38. The molecule has 0 spiro atoms. The molecule has 38 heavy (non-hydrogen) atoms. The third kappa shape index (κ3) is 7.10. The Balaban J connectivity index is 1.54. The fourth-order valence-electron chi connectivity index (χ4n) is 3.63. The lowest BCUT2D eigenvalue weighted by molar-refractivity contribution is -0.147. The minimum atomic E-state index is -1.06. The molecule has 0 aliphatic rings. The predicted octanol–water partition coefficient (Wildman–Crippen LogP) is 4.58. The van der Waals surface area contributed by atoms with Crippen molar-refractivity contribution in [3.63, 3.8) is 0 Å². The topological polar surface area (TPSA) is 132 Å². The molecule has 0 radical (unpaired) electrons. The van der Waals surface area contributed by atoms with E-state index in [0.717, 1.165) is 11.1 Å². The molecule has 0 fully saturated rings. The lowest BCUT2D eigenvalue weighted by Gasteiger charge is -2.09. The summed E-state index contributed by atoms with van der Waals surface area (Å²) in [5, 5.41) is 12.5. The van der Waals surface area contributed by atoms with E-state index < -0.39 is 11.9 Å². The van der Waals surface area contributed by atoms with E-state index in [1.165, 1.54) is 28.6 Å². The van der Waals surface area contributed by atoms with E-state index in [4.69, 9.17) is 20.7 Å². The maximum Gasteiger partial charge on any atom is 0.306 e. The number of aromatic nitrogens is 3. The SMILES string of the molecule is Nn1c(SCCOC(=O)CCC(=O)O)nc(-c2ccnc(NCc3ccccc3)c2)c1-c1ccc(F)cc1. The van der Waals surface area contributed by atoms with Crippen molar-refractivity contribution in [3.8, 4) is 22.5 Å². The number of hydrogen-bond donors (Lipinski definition) is 3. The Labute approximate surface area is 222 Å². The molecule has 9 nitrogen and oxygen atoms in total. The number of benzene rings is 2. The van der Waals surface area contributed by atoms with Crippen LogP contribution in [0.4, 0.5) is 10.2 Å². The smallest absolute Gasteiger partial charge is 0.306 e. The van der Waals surface area contributed by atoms with Crippen LogP contribution in [0.15, 0.2) is 78.1 Å². The average Bonchev–Trinajstić information content (AvgIpc) is 3.26. The summed E-state index contributed by atoms with van der Waals surface area (Å²) < 4.78 is 20.2. The number of rotatable bonds is 12. The molecule has 0 aliphatic heterocycles. The van der Waals surface area contributed by atoms with Crippen LogP contribution in [0.5, 0.6) is 0 Å². The lowest BCUT2D eigenvalue weighted by Crippen LogP contribution is -2.13. The van der Waals surface area contributed by atoms with E-state index in [-0.39, 0.29) is 25.3 Å². The zero-order valence-corrected chi connectivity index (χ0v) is 21.2. The molecule has 4 rings (SSSR count). The van der Waals surface area contributed by atoms with Crippen molar-refractivity contribution in [3.05, 3.63) is 84.3 Å². The van der Waals surface area contributed by atoms with Crippen molar-refractivity contribution >= 4 is 29.5 Å². The lowest BCUT2D eigenvalue weighted by atomic mass is 10.1. The second-order valence-corrected chi connectivity index (χ2v) is 9.26. The monoisotopic (exact) mass is 535 g/mol. The average molecular weight is 536 g/mol. The van der Waals surface area contributed by atoms with Crippen molar-refractivity contribution in [2.45, 2.75) is 24.5 Å². The van der Waals surface area contributed by atoms with Crippen LogP contribution in [-0.4, -0.2) is 44.0 Å². The van der Waals surface area contributed by atoms with Crippen LogP contribution >= 0.6 is 11.8 Å². The summed E-state index contributed by atoms with van der Waals surface area (Å²) in [7, 11) is 0. The highest BCUT2D eigenvalue weighted by atomic mass is 32.2. The molecule has 0 unspecified atom stereocenters. The molecule has 2 aromatic carbocycles. The normalized spacial score (nSPS) is 10.8.